The van der Waals surface area contributed by atoms with Crippen LogP contribution in [0.25, 0.3) is 0 Å². The van der Waals surface area contributed by atoms with Crippen LogP contribution < -0.4 is 0 Å². The van der Waals surface area contributed by atoms with Gasteiger partial charge in [-0.1, -0.05) is 13.3 Å². The molecular formula is C11H21N. The monoisotopic (exact) mass is 167 g/mol. The second-order valence-corrected chi connectivity index (χ2v) is 4.71. The molecule has 1 saturated heterocycles. The molecule has 2 rings (SSSR count). The third-order valence-corrected chi connectivity index (χ3v) is 3.87. The summed E-state index contributed by atoms with van der Waals surface area (Å²) in [5.41, 5.74) is 0. The lowest BCUT2D eigenvalue weighted by Crippen LogP contribution is -2.31. The van der Waals surface area contributed by atoms with E-state index in [-0.39, 0.29) is 0 Å². The molecule has 2 unspecified atom stereocenters. The standard InChI is InChI=1S/C11H21N/c1-3-9-8-11(9)10-4-6-12(2)7-5-10/h9-11H,3-8H2,1-2H3. The minimum Gasteiger partial charge on any atom is -0.306 e. The average Bonchev–Trinajstić information content (AvgIpc) is 2.85. The maximum atomic E-state index is 2.47. The molecule has 0 N–H and O–H groups in total. The van der Waals surface area contributed by atoms with E-state index < -0.39 is 0 Å². The number of hydrogen-bond acceptors (Lipinski definition) is 1. The third-order valence-electron chi connectivity index (χ3n) is 3.87. The van der Waals surface area contributed by atoms with Crippen LogP contribution in [0.3, 0.4) is 0 Å². The number of piperidine rings is 1. The molecule has 0 spiro atoms. The Morgan fingerprint density at radius 3 is 2.42 bits per heavy atom. The third kappa shape index (κ3) is 1.66. The van der Waals surface area contributed by atoms with Gasteiger partial charge < -0.3 is 4.90 Å². The lowest BCUT2D eigenvalue weighted by atomic mass is 9.91. The van der Waals surface area contributed by atoms with Gasteiger partial charge in [-0.3, -0.25) is 0 Å². The van der Waals surface area contributed by atoms with Gasteiger partial charge in [0.2, 0.25) is 0 Å². The first-order valence-electron chi connectivity index (χ1n) is 5.49. The second-order valence-electron chi connectivity index (χ2n) is 4.71. The highest BCUT2D eigenvalue weighted by molar-refractivity contribution is 4.92. The maximum Gasteiger partial charge on any atom is -0.00190 e. The van der Waals surface area contributed by atoms with Gasteiger partial charge >= 0.3 is 0 Å². The Bertz CT molecular complexity index is 147. The highest BCUT2D eigenvalue weighted by Crippen LogP contribution is 2.49. The molecule has 1 heteroatoms. The van der Waals surface area contributed by atoms with Crippen LogP contribution in [0.4, 0.5) is 0 Å². The second kappa shape index (κ2) is 3.37. The van der Waals surface area contributed by atoms with Crippen LogP contribution in [-0.4, -0.2) is 25.0 Å². The molecule has 1 heterocycles. The highest BCUT2D eigenvalue weighted by atomic mass is 15.1. The topological polar surface area (TPSA) is 3.24 Å². The van der Waals surface area contributed by atoms with Gasteiger partial charge in [-0.25, -0.2) is 0 Å². The number of hydrogen-bond donors (Lipinski definition) is 0. The molecule has 70 valence electrons. The summed E-state index contributed by atoms with van der Waals surface area (Å²) in [5, 5.41) is 0. The fourth-order valence-electron chi connectivity index (χ4n) is 2.77. The SMILES string of the molecule is CCC1CC1C1CCN(C)CC1. The van der Waals surface area contributed by atoms with E-state index in [2.05, 4.69) is 18.9 Å². The summed E-state index contributed by atoms with van der Waals surface area (Å²) in [5.74, 6) is 3.33. The highest BCUT2D eigenvalue weighted by Gasteiger charge is 2.41. The molecule has 1 aliphatic carbocycles. The Labute approximate surface area is 76.1 Å². The predicted molar refractivity (Wildman–Crippen MR) is 52.1 cm³/mol. The minimum atomic E-state index is 1.09. The zero-order valence-corrected chi connectivity index (χ0v) is 8.42. The smallest absolute Gasteiger partial charge is 0.00190 e. The summed E-state index contributed by atoms with van der Waals surface area (Å²) in [4.78, 5) is 2.47. The van der Waals surface area contributed by atoms with E-state index in [0.29, 0.717) is 0 Å². The Kier molecular flexibility index (Phi) is 2.40. The average molecular weight is 167 g/mol. The summed E-state index contributed by atoms with van der Waals surface area (Å²) in [6.07, 6.45) is 5.91. The fourth-order valence-corrected chi connectivity index (χ4v) is 2.77. The Hall–Kier alpha value is -0.0400. The van der Waals surface area contributed by atoms with Crippen LogP contribution in [0.5, 0.6) is 0 Å². The first-order valence-corrected chi connectivity index (χ1v) is 5.49. The molecule has 2 fully saturated rings. The molecule has 1 nitrogen and oxygen atoms in total. The molecule has 0 aromatic rings. The molecule has 12 heavy (non-hydrogen) atoms. The van der Waals surface area contributed by atoms with E-state index in [0.717, 1.165) is 17.8 Å². The zero-order valence-electron chi connectivity index (χ0n) is 8.42. The summed E-state index contributed by atoms with van der Waals surface area (Å²) in [6, 6.07) is 0. The van der Waals surface area contributed by atoms with Crippen molar-refractivity contribution in [3.63, 3.8) is 0 Å². The van der Waals surface area contributed by atoms with Crippen molar-refractivity contribution in [2.45, 2.75) is 32.6 Å². The number of nitrogens with zero attached hydrogens (tertiary/aromatic N) is 1. The number of likely N-dealkylation sites (tertiary alicyclic amines) is 1. The summed E-state index contributed by atoms with van der Waals surface area (Å²) in [6.45, 7) is 5.04. The van der Waals surface area contributed by atoms with E-state index in [1.807, 2.05) is 0 Å². The zero-order chi connectivity index (χ0) is 8.55. The van der Waals surface area contributed by atoms with Gasteiger partial charge in [0.25, 0.3) is 0 Å². The fraction of sp³-hybridized carbons (Fsp3) is 1.00. The van der Waals surface area contributed by atoms with Crippen LogP contribution in [0.1, 0.15) is 32.6 Å². The predicted octanol–water partition coefficient (Wildman–Crippen LogP) is 2.37. The van der Waals surface area contributed by atoms with Gasteiger partial charge in [0, 0.05) is 0 Å². The summed E-state index contributed by atoms with van der Waals surface area (Å²) >= 11 is 0. The lowest BCUT2D eigenvalue weighted by molar-refractivity contribution is 0.199. The molecule has 1 saturated carbocycles. The Balaban J connectivity index is 1.76. The van der Waals surface area contributed by atoms with Crippen LogP contribution in [-0.2, 0) is 0 Å². The first-order chi connectivity index (χ1) is 5.81. The molecule has 2 atom stereocenters. The van der Waals surface area contributed by atoms with Crippen molar-refractivity contribution < 1.29 is 0 Å². The summed E-state index contributed by atoms with van der Waals surface area (Å²) in [7, 11) is 2.25. The van der Waals surface area contributed by atoms with Gasteiger partial charge in [-0.05, 0) is 57.2 Å². The van der Waals surface area contributed by atoms with Gasteiger partial charge in [0.05, 0.1) is 0 Å². The van der Waals surface area contributed by atoms with Gasteiger partial charge in [0.15, 0.2) is 0 Å². The van der Waals surface area contributed by atoms with Crippen LogP contribution in [0, 0.1) is 17.8 Å². The van der Waals surface area contributed by atoms with E-state index >= 15 is 0 Å². The van der Waals surface area contributed by atoms with Crippen molar-refractivity contribution in [3.05, 3.63) is 0 Å². The van der Waals surface area contributed by atoms with Crippen molar-refractivity contribution >= 4 is 0 Å². The van der Waals surface area contributed by atoms with E-state index in [1.54, 1.807) is 6.42 Å². The molecule has 2 aliphatic rings. The van der Waals surface area contributed by atoms with Crippen LogP contribution >= 0.6 is 0 Å². The Morgan fingerprint density at radius 2 is 1.92 bits per heavy atom. The molecule has 1 aliphatic heterocycles. The maximum absolute atomic E-state index is 2.47. The van der Waals surface area contributed by atoms with Crippen molar-refractivity contribution in [3.8, 4) is 0 Å². The minimum absolute atomic E-state index is 1.09. The van der Waals surface area contributed by atoms with Crippen molar-refractivity contribution in [2.24, 2.45) is 17.8 Å². The quantitative estimate of drug-likeness (QED) is 0.610. The molecule has 0 amide bonds. The normalized spacial score (nSPS) is 38.5. The van der Waals surface area contributed by atoms with Gasteiger partial charge in [0.1, 0.15) is 0 Å². The van der Waals surface area contributed by atoms with Crippen molar-refractivity contribution in [2.75, 3.05) is 20.1 Å². The van der Waals surface area contributed by atoms with E-state index in [9.17, 15) is 0 Å². The van der Waals surface area contributed by atoms with E-state index in [4.69, 9.17) is 0 Å². The van der Waals surface area contributed by atoms with Gasteiger partial charge in [-0.15, -0.1) is 0 Å². The summed E-state index contributed by atoms with van der Waals surface area (Å²) < 4.78 is 0. The molecule has 0 aromatic heterocycles. The Morgan fingerprint density at radius 1 is 1.25 bits per heavy atom. The van der Waals surface area contributed by atoms with Crippen molar-refractivity contribution in [1.82, 2.24) is 4.90 Å². The number of rotatable bonds is 2. The molecule has 0 aromatic carbocycles. The molecule has 0 bridgehead atoms. The van der Waals surface area contributed by atoms with Crippen LogP contribution in [0.2, 0.25) is 0 Å². The molecular weight excluding hydrogens is 146 g/mol. The lowest BCUT2D eigenvalue weighted by Gasteiger charge is -2.29. The van der Waals surface area contributed by atoms with Gasteiger partial charge in [-0.2, -0.15) is 0 Å². The largest absolute Gasteiger partial charge is 0.306 e. The molecule has 0 radical (unpaired) electrons. The van der Waals surface area contributed by atoms with Crippen molar-refractivity contribution in [1.29, 1.82) is 0 Å². The van der Waals surface area contributed by atoms with E-state index in [1.165, 1.54) is 32.4 Å². The first kappa shape index (κ1) is 8.55. The van der Waals surface area contributed by atoms with Crippen LogP contribution in [0.15, 0.2) is 0 Å².